The van der Waals surface area contributed by atoms with Crippen LogP contribution < -0.4 is 10.6 Å². The zero-order valence-corrected chi connectivity index (χ0v) is 15.1. The fourth-order valence-corrected chi connectivity index (χ4v) is 3.68. The van der Waals surface area contributed by atoms with E-state index < -0.39 is 0 Å². The second kappa shape index (κ2) is 9.63. The van der Waals surface area contributed by atoms with Gasteiger partial charge in [-0.2, -0.15) is 11.8 Å². The summed E-state index contributed by atoms with van der Waals surface area (Å²) >= 11 is 1.92. The van der Waals surface area contributed by atoms with Crippen molar-refractivity contribution in [3.05, 3.63) is 0 Å². The quantitative estimate of drug-likeness (QED) is 0.802. The van der Waals surface area contributed by atoms with Gasteiger partial charge in [0.25, 0.3) is 0 Å². The van der Waals surface area contributed by atoms with Crippen molar-refractivity contribution in [2.75, 3.05) is 31.1 Å². The minimum absolute atomic E-state index is 0. The molecule has 2 saturated heterocycles. The Morgan fingerprint density at radius 1 is 1.32 bits per heavy atom. The normalized spacial score (nSPS) is 23.0. The Bertz CT molecular complexity index is 368. The van der Waals surface area contributed by atoms with Crippen molar-refractivity contribution < 1.29 is 9.59 Å². The molecule has 0 radical (unpaired) electrons. The smallest absolute Gasteiger partial charge is 0.224 e. The molecule has 7 heteroatoms. The van der Waals surface area contributed by atoms with Gasteiger partial charge in [0.15, 0.2) is 0 Å². The summed E-state index contributed by atoms with van der Waals surface area (Å²) in [7, 11) is 0. The van der Waals surface area contributed by atoms with E-state index in [1.54, 1.807) is 0 Å². The van der Waals surface area contributed by atoms with Gasteiger partial charge < -0.3 is 15.5 Å². The number of likely N-dealkylation sites (tertiary alicyclic amines) is 1. The fourth-order valence-electron chi connectivity index (χ4n) is 2.73. The number of amides is 2. The third kappa shape index (κ3) is 5.97. The number of rotatable bonds is 4. The molecule has 0 bridgehead atoms. The third-order valence-electron chi connectivity index (χ3n) is 4.14. The van der Waals surface area contributed by atoms with Gasteiger partial charge in [-0.3, -0.25) is 9.59 Å². The summed E-state index contributed by atoms with van der Waals surface area (Å²) in [6.45, 7) is 6.35. The van der Waals surface area contributed by atoms with E-state index in [1.165, 1.54) is 0 Å². The van der Waals surface area contributed by atoms with Gasteiger partial charge in [-0.15, -0.1) is 12.4 Å². The summed E-state index contributed by atoms with van der Waals surface area (Å²) in [5.41, 5.74) is 0. The Hall–Kier alpha value is -0.460. The van der Waals surface area contributed by atoms with Crippen LogP contribution in [0.3, 0.4) is 0 Å². The van der Waals surface area contributed by atoms with Gasteiger partial charge in [-0.25, -0.2) is 0 Å². The predicted octanol–water partition coefficient (Wildman–Crippen LogP) is 1.27. The van der Waals surface area contributed by atoms with Gasteiger partial charge in [0.2, 0.25) is 11.8 Å². The van der Waals surface area contributed by atoms with Crippen LogP contribution in [0.1, 0.15) is 33.1 Å². The highest BCUT2D eigenvalue weighted by Gasteiger charge is 2.26. The maximum atomic E-state index is 12.3. The summed E-state index contributed by atoms with van der Waals surface area (Å²) in [4.78, 5) is 25.9. The second-order valence-electron chi connectivity index (χ2n) is 6.25. The lowest BCUT2D eigenvalue weighted by Gasteiger charge is -2.34. The summed E-state index contributed by atoms with van der Waals surface area (Å²) < 4.78 is 0. The highest BCUT2D eigenvalue weighted by molar-refractivity contribution is 7.99. The molecular formula is C15H28ClN3O2S. The van der Waals surface area contributed by atoms with Crippen molar-refractivity contribution in [1.29, 1.82) is 0 Å². The Balaban J connectivity index is 0.00000242. The zero-order chi connectivity index (χ0) is 15.2. The highest BCUT2D eigenvalue weighted by atomic mass is 35.5. The number of hydrogen-bond acceptors (Lipinski definition) is 4. The number of nitrogens with one attached hydrogen (secondary N) is 2. The molecule has 0 spiro atoms. The van der Waals surface area contributed by atoms with E-state index in [0.717, 1.165) is 44.0 Å². The van der Waals surface area contributed by atoms with Crippen LogP contribution in [0.2, 0.25) is 0 Å². The molecule has 2 heterocycles. The van der Waals surface area contributed by atoms with Crippen LogP contribution in [0.15, 0.2) is 0 Å². The molecule has 2 N–H and O–H groups in total. The first-order valence-corrected chi connectivity index (χ1v) is 9.11. The molecular weight excluding hydrogens is 322 g/mol. The lowest BCUT2D eigenvalue weighted by atomic mass is 10.0. The summed E-state index contributed by atoms with van der Waals surface area (Å²) in [5, 5.41) is 6.48. The van der Waals surface area contributed by atoms with E-state index in [0.29, 0.717) is 12.5 Å². The molecule has 1 atom stereocenters. The van der Waals surface area contributed by atoms with Gasteiger partial charge in [-0.1, -0.05) is 13.8 Å². The van der Waals surface area contributed by atoms with Crippen molar-refractivity contribution in [3.8, 4) is 0 Å². The number of thioether (sulfide) groups is 1. The second-order valence-corrected chi connectivity index (χ2v) is 7.40. The maximum absolute atomic E-state index is 12.3. The van der Waals surface area contributed by atoms with E-state index in [9.17, 15) is 9.59 Å². The average Bonchev–Trinajstić information content (AvgIpc) is 2.48. The molecule has 2 rings (SSSR count). The molecule has 2 fully saturated rings. The van der Waals surface area contributed by atoms with E-state index in [1.807, 2.05) is 30.5 Å². The number of hydrogen-bond donors (Lipinski definition) is 2. The van der Waals surface area contributed by atoms with E-state index in [2.05, 4.69) is 10.6 Å². The SMILES string of the molecule is CC(C)C(=O)NC1CCN(C(=O)CC2CSCCN2)CC1.Cl. The molecule has 0 saturated carbocycles. The number of halogens is 1. The van der Waals surface area contributed by atoms with Gasteiger partial charge in [-0.05, 0) is 12.8 Å². The lowest BCUT2D eigenvalue weighted by Crippen LogP contribution is -2.49. The minimum Gasteiger partial charge on any atom is -0.353 e. The molecule has 1 unspecified atom stereocenters. The van der Waals surface area contributed by atoms with E-state index in [4.69, 9.17) is 0 Å². The average molecular weight is 350 g/mol. The molecule has 2 aliphatic rings. The van der Waals surface area contributed by atoms with Crippen molar-refractivity contribution in [3.63, 3.8) is 0 Å². The molecule has 2 aliphatic heterocycles. The number of piperidine rings is 1. The molecule has 0 aromatic heterocycles. The van der Waals surface area contributed by atoms with Gasteiger partial charge >= 0.3 is 0 Å². The first-order valence-electron chi connectivity index (χ1n) is 7.95. The Morgan fingerprint density at radius 3 is 2.55 bits per heavy atom. The van der Waals surface area contributed by atoms with Gasteiger partial charge in [0, 0.05) is 55.6 Å². The Kier molecular flexibility index (Phi) is 8.57. The van der Waals surface area contributed by atoms with Crippen LogP contribution in [-0.4, -0.2) is 59.9 Å². The Labute approximate surface area is 143 Å². The fraction of sp³-hybridized carbons (Fsp3) is 0.867. The van der Waals surface area contributed by atoms with Crippen LogP contribution >= 0.6 is 24.2 Å². The standard InChI is InChI=1S/C15H27N3O2S.ClH/c1-11(2)15(20)17-12-3-6-18(7-4-12)14(19)9-13-10-21-8-5-16-13;/h11-13,16H,3-10H2,1-2H3,(H,17,20);1H. The molecule has 0 aromatic carbocycles. The molecule has 2 amide bonds. The Morgan fingerprint density at radius 2 is 2.00 bits per heavy atom. The lowest BCUT2D eigenvalue weighted by molar-refractivity contribution is -0.132. The van der Waals surface area contributed by atoms with Crippen molar-refractivity contribution in [2.24, 2.45) is 5.92 Å². The van der Waals surface area contributed by atoms with Gasteiger partial charge in [0.1, 0.15) is 0 Å². The minimum atomic E-state index is 0. The van der Waals surface area contributed by atoms with Crippen molar-refractivity contribution in [2.45, 2.75) is 45.2 Å². The first kappa shape index (κ1) is 19.6. The third-order valence-corrected chi connectivity index (χ3v) is 5.27. The number of nitrogens with zero attached hydrogens (tertiary/aromatic N) is 1. The molecule has 128 valence electrons. The van der Waals surface area contributed by atoms with E-state index in [-0.39, 0.29) is 36.2 Å². The first-order chi connectivity index (χ1) is 10.1. The molecule has 5 nitrogen and oxygen atoms in total. The summed E-state index contributed by atoms with van der Waals surface area (Å²) in [5.74, 6) is 2.57. The molecule has 0 aromatic rings. The predicted molar refractivity (Wildman–Crippen MR) is 93.6 cm³/mol. The maximum Gasteiger partial charge on any atom is 0.224 e. The largest absolute Gasteiger partial charge is 0.353 e. The van der Waals surface area contributed by atoms with Crippen molar-refractivity contribution in [1.82, 2.24) is 15.5 Å². The zero-order valence-electron chi connectivity index (χ0n) is 13.5. The van der Waals surface area contributed by atoms with Crippen LogP contribution in [0.25, 0.3) is 0 Å². The van der Waals surface area contributed by atoms with Crippen LogP contribution in [0, 0.1) is 5.92 Å². The monoisotopic (exact) mass is 349 g/mol. The number of carbonyl (C=O) groups excluding carboxylic acids is 2. The summed E-state index contributed by atoms with van der Waals surface area (Å²) in [6.07, 6.45) is 2.35. The van der Waals surface area contributed by atoms with E-state index >= 15 is 0 Å². The molecule has 22 heavy (non-hydrogen) atoms. The van der Waals surface area contributed by atoms with Gasteiger partial charge in [0.05, 0.1) is 0 Å². The van der Waals surface area contributed by atoms with Crippen LogP contribution in [-0.2, 0) is 9.59 Å². The van der Waals surface area contributed by atoms with Crippen LogP contribution in [0.5, 0.6) is 0 Å². The summed E-state index contributed by atoms with van der Waals surface area (Å²) in [6, 6.07) is 0.557. The van der Waals surface area contributed by atoms with Crippen molar-refractivity contribution >= 4 is 36.0 Å². The topological polar surface area (TPSA) is 61.4 Å². The number of carbonyl (C=O) groups is 2. The highest BCUT2D eigenvalue weighted by Crippen LogP contribution is 2.15. The molecule has 0 aliphatic carbocycles. The van der Waals surface area contributed by atoms with Crippen LogP contribution in [0.4, 0.5) is 0 Å².